The van der Waals surface area contributed by atoms with Crippen LogP contribution in [0.25, 0.3) is 0 Å². The summed E-state index contributed by atoms with van der Waals surface area (Å²) in [5.74, 6) is -1.16. The lowest BCUT2D eigenvalue weighted by atomic mass is 10.2. The highest BCUT2D eigenvalue weighted by Crippen LogP contribution is 2.37. The first kappa shape index (κ1) is 15.6. The van der Waals surface area contributed by atoms with Gasteiger partial charge in [-0.1, -0.05) is 35.0 Å². The molecular formula is C13H7Cl2NO4S. The molecule has 0 aliphatic carbocycles. The number of benzene rings is 2. The van der Waals surface area contributed by atoms with E-state index in [2.05, 4.69) is 0 Å². The Bertz CT molecular complexity index is 736. The third kappa shape index (κ3) is 3.66. The number of halogens is 2. The first-order valence-electron chi connectivity index (χ1n) is 5.53. The van der Waals surface area contributed by atoms with Crippen LogP contribution in [0.2, 0.25) is 10.0 Å². The number of hydrogen-bond acceptors (Lipinski definition) is 4. The predicted molar refractivity (Wildman–Crippen MR) is 80.6 cm³/mol. The third-order valence-corrected chi connectivity index (χ3v) is 4.12. The molecule has 0 unspecified atom stereocenters. The van der Waals surface area contributed by atoms with Crippen LogP contribution in [0.5, 0.6) is 0 Å². The van der Waals surface area contributed by atoms with Gasteiger partial charge in [-0.25, -0.2) is 4.79 Å². The van der Waals surface area contributed by atoms with Crippen LogP contribution < -0.4 is 0 Å². The molecule has 0 aromatic heterocycles. The quantitative estimate of drug-likeness (QED) is 0.639. The lowest BCUT2D eigenvalue weighted by Gasteiger charge is -2.06. The Kier molecular flexibility index (Phi) is 4.72. The van der Waals surface area contributed by atoms with Crippen molar-refractivity contribution in [2.45, 2.75) is 9.79 Å². The highest BCUT2D eigenvalue weighted by Gasteiger charge is 2.16. The van der Waals surface area contributed by atoms with Gasteiger partial charge in [-0.05, 0) is 30.3 Å². The molecule has 0 saturated heterocycles. The normalized spacial score (nSPS) is 10.4. The maximum Gasteiger partial charge on any atom is 0.337 e. The summed E-state index contributed by atoms with van der Waals surface area (Å²) in [5, 5.41) is 20.5. The Morgan fingerprint density at radius 1 is 1.19 bits per heavy atom. The lowest BCUT2D eigenvalue weighted by molar-refractivity contribution is -0.387. The molecule has 0 fully saturated rings. The Morgan fingerprint density at radius 2 is 1.90 bits per heavy atom. The number of carbonyl (C=O) groups is 1. The minimum absolute atomic E-state index is 0.0636. The van der Waals surface area contributed by atoms with E-state index < -0.39 is 10.9 Å². The molecule has 0 aliphatic heterocycles. The number of nitro groups is 1. The molecule has 0 saturated carbocycles. The average Bonchev–Trinajstić information content (AvgIpc) is 2.40. The summed E-state index contributed by atoms with van der Waals surface area (Å²) in [5.41, 5.74) is -0.164. The lowest BCUT2D eigenvalue weighted by Crippen LogP contribution is -1.97. The highest BCUT2D eigenvalue weighted by atomic mass is 35.5. The van der Waals surface area contributed by atoms with Gasteiger partial charge in [-0.3, -0.25) is 10.1 Å². The Hall–Kier alpha value is -1.76. The van der Waals surface area contributed by atoms with E-state index in [4.69, 9.17) is 28.3 Å². The van der Waals surface area contributed by atoms with Gasteiger partial charge < -0.3 is 5.11 Å². The second kappa shape index (κ2) is 6.34. The van der Waals surface area contributed by atoms with Crippen molar-refractivity contribution in [3.63, 3.8) is 0 Å². The van der Waals surface area contributed by atoms with E-state index in [1.807, 2.05) is 0 Å². The zero-order chi connectivity index (χ0) is 15.6. The van der Waals surface area contributed by atoms with Crippen LogP contribution in [0.4, 0.5) is 5.69 Å². The second-order valence-corrected chi connectivity index (χ2v) is 5.88. The largest absolute Gasteiger partial charge is 0.478 e. The topological polar surface area (TPSA) is 80.4 Å². The maximum absolute atomic E-state index is 11.0. The standard InChI is InChI=1S/C13H7Cl2NO4S/c14-7-1-4-11(16(19)20)12(5-7)21-8-2-3-10(15)9(6-8)13(17)18/h1-6H,(H,17,18). The molecule has 0 bridgehead atoms. The molecule has 0 amide bonds. The number of hydrogen-bond donors (Lipinski definition) is 1. The van der Waals surface area contributed by atoms with Crippen molar-refractivity contribution in [2.24, 2.45) is 0 Å². The fraction of sp³-hybridized carbons (Fsp3) is 0. The predicted octanol–water partition coefficient (Wildman–Crippen LogP) is 4.75. The van der Waals surface area contributed by atoms with Gasteiger partial charge in [-0.15, -0.1) is 0 Å². The molecule has 0 radical (unpaired) electrons. The second-order valence-electron chi connectivity index (χ2n) is 3.92. The van der Waals surface area contributed by atoms with E-state index in [0.717, 1.165) is 11.8 Å². The number of nitro benzene ring substituents is 1. The van der Waals surface area contributed by atoms with E-state index >= 15 is 0 Å². The highest BCUT2D eigenvalue weighted by molar-refractivity contribution is 7.99. The maximum atomic E-state index is 11.0. The van der Waals surface area contributed by atoms with Crippen molar-refractivity contribution < 1.29 is 14.8 Å². The average molecular weight is 344 g/mol. The minimum Gasteiger partial charge on any atom is -0.478 e. The molecule has 2 aromatic rings. The van der Waals surface area contributed by atoms with Crippen molar-refractivity contribution in [3.8, 4) is 0 Å². The van der Waals surface area contributed by atoms with E-state index in [-0.39, 0.29) is 16.3 Å². The fourth-order valence-electron chi connectivity index (χ4n) is 1.58. The van der Waals surface area contributed by atoms with Crippen LogP contribution in [0.3, 0.4) is 0 Å². The summed E-state index contributed by atoms with van der Waals surface area (Å²) >= 11 is 12.7. The van der Waals surface area contributed by atoms with Crippen molar-refractivity contribution in [1.29, 1.82) is 0 Å². The number of aromatic carboxylic acids is 1. The summed E-state index contributed by atoms with van der Waals surface area (Å²) < 4.78 is 0. The van der Waals surface area contributed by atoms with Gasteiger partial charge in [0, 0.05) is 16.0 Å². The molecular weight excluding hydrogens is 337 g/mol. The first-order valence-corrected chi connectivity index (χ1v) is 7.10. The Labute approximate surface area is 133 Å². The molecule has 0 heterocycles. The SMILES string of the molecule is O=C(O)c1cc(Sc2cc(Cl)ccc2[N+](=O)[O-])ccc1Cl. The van der Waals surface area contributed by atoms with Crippen LogP contribution in [0.1, 0.15) is 10.4 Å². The molecule has 5 nitrogen and oxygen atoms in total. The summed E-state index contributed by atoms with van der Waals surface area (Å²) in [6.07, 6.45) is 0. The summed E-state index contributed by atoms with van der Waals surface area (Å²) in [6.45, 7) is 0. The van der Waals surface area contributed by atoms with Crippen molar-refractivity contribution >= 4 is 46.6 Å². The molecule has 0 spiro atoms. The van der Waals surface area contributed by atoms with Crippen LogP contribution >= 0.6 is 35.0 Å². The van der Waals surface area contributed by atoms with Crippen molar-refractivity contribution in [2.75, 3.05) is 0 Å². The molecule has 0 atom stereocenters. The zero-order valence-corrected chi connectivity index (χ0v) is 12.6. The van der Waals surface area contributed by atoms with Gasteiger partial charge >= 0.3 is 5.97 Å². The van der Waals surface area contributed by atoms with Gasteiger partial charge in [0.1, 0.15) is 0 Å². The van der Waals surface area contributed by atoms with Crippen LogP contribution in [0, 0.1) is 10.1 Å². The number of carboxylic acid groups (broad SMARTS) is 1. The summed E-state index contributed by atoms with van der Waals surface area (Å²) in [4.78, 5) is 22.3. The first-order chi connectivity index (χ1) is 9.88. The van der Waals surface area contributed by atoms with Crippen molar-refractivity contribution in [3.05, 3.63) is 62.1 Å². The van der Waals surface area contributed by atoms with Gasteiger partial charge in [0.25, 0.3) is 5.69 Å². The number of rotatable bonds is 4. The third-order valence-electron chi connectivity index (χ3n) is 2.51. The summed E-state index contributed by atoms with van der Waals surface area (Å²) in [6, 6.07) is 8.57. The van der Waals surface area contributed by atoms with Gasteiger partial charge in [-0.2, -0.15) is 0 Å². The molecule has 8 heteroatoms. The molecule has 21 heavy (non-hydrogen) atoms. The van der Waals surface area contributed by atoms with Gasteiger partial charge in [0.2, 0.25) is 0 Å². The number of carboxylic acids is 1. The molecule has 108 valence electrons. The van der Waals surface area contributed by atoms with E-state index in [9.17, 15) is 14.9 Å². The van der Waals surface area contributed by atoms with E-state index in [1.54, 1.807) is 6.07 Å². The van der Waals surface area contributed by atoms with Gasteiger partial charge in [0.05, 0.1) is 20.4 Å². The van der Waals surface area contributed by atoms with Crippen LogP contribution in [-0.4, -0.2) is 16.0 Å². The smallest absolute Gasteiger partial charge is 0.337 e. The van der Waals surface area contributed by atoms with Gasteiger partial charge in [0.15, 0.2) is 0 Å². The minimum atomic E-state index is -1.16. The van der Waals surface area contributed by atoms with Crippen LogP contribution in [-0.2, 0) is 0 Å². The number of nitrogens with zero attached hydrogens (tertiary/aromatic N) is 1. The fourth-order valence-corrected chi connectivity index (χ4v) is 3.01. The molecule has 1 N–H and O–H groups in total. The molecule has 2 rings (SSSR count). The van der Waals surface area contributed by atoms with Crippen molar-refractivity contribution in [1.82, 2.24) is 0 Å². The van der Waals surface area contributed by atoms with E-state index in [1.165, 1.54) is 30.3 Å². The Balaban J connectivity index is 2.43. The zero-order valence-electron chi connectivity index (χ0n) is 10.2. The molecule has 2 aromatic carbocycles. The Morgan fingerprint density at radius 3 is 2.52 bits per heavy atom. The summed E-state index contributed by atoms with van der Waals surface area (Å²) in [7, 11) is 0. The monoisotopic (exact) mass is 343 g/mol. The van der Waals surface area contributed by atoms with Crippen LogP contribution in [0.15, 0.2) is 46.2 Å². The van der Waals surface area contributed by atoms with E-state index in [0.29, 0.717) is 14.8 Å². The molecule has 0 aliphatic rings.